The Bertz CT molecular complexity index is 492. The van der Waals surface area contributed by atoms with E-state index in [0.29, 0.717) is 13.0 Å². The van der Waals surface area contributed by atoms with E-state index in [1.807, 2.05) is 6.92 Å². The Morgan fingerprint density at radius 1 is 1.63 bits per heavy atom. The Morgan fingerprint density at radius 3 is 3.11 bits per heavy atom. The van der Waals surface area contributed by atoms with Crippen molar-refractivity contribution in [1.29, 1.82) is 0 Å². The molecule has 1 aromatic rings. The number of carbonyl (C=O) groups excluding carboxylic acids is 1. The van der Waals surface area contributed by atoms with Gasteiger partial charge in [-0.3, -0.25) is 14.2 Å². The van der Waals surface area contributed by atoms with Crippen LogP contribution >= 0.6 is 0 Å². The van der Waals surface area contributed by atoms with Gasteiger partial charge in [-0.25, -0.2) is 4.98 Å². The summed E-state index contributed by atoms with van der Waals surface area (Å²) in [5.41, 5.74) is 0.542. The van der Waals surface area contributed by atoms with E-state index in [9.17, 15) is 9.59 Å². The maximum atomic E-state index is 11.7. The minimum absolute atomic E-state index is 0.00253. The molecule has 1 atom stereocenters. The lowest BCUT2D eigenvalue weighted by Crippen LogP contribution is -2.36. The first-order chi connectivity index (χ1) is 9.19. The van der Waals surface area contributed by atoms with Crippen LogP contribution in [0.2, 0.25) is 0 Å². The van der Waals surface area contributed by atoms with Crippen LogP contribution in [0.15, 0.2) is 17.2 Å². The van der Waals surface area contributed by atoms with Crippen LogP contribution in [-0.4, -0.2) is 34.7 Å². The van der Waals surface area contributed by atoms with E-state index < -0.39 is 0 Å². The smallest absolute Gasteiger partial charge is 0.253 e. The zero-order valence-electron chi connectivity index (χ0n) is 11.1. The van der Waals surface area contributed by atoms with Crippen LogP contribution in [0.3, 0.4) is 0 Å². The number of aryl methyl sites for hydroxylation is 1. The number of hydrogen-bond donors (Lipinski definition) is 1. The summed E-state index contributed by atoms with van der Waals surface area (Å²) < 4.78 is 6.72. The van der Waals surface area contributed by atoms with Crippen molar-refractivity contribution >= 4 is 5.91 Å². The van der Waals surface area contributed by atoms with E-state index in [1.54, 1.807) is 0 Å². The number of aromatic nitrogens is 2. The van der Waals surface area contributed by atoms with Crippen LogP contribution in [0.25, 0.3) is 0 Å². The zero-order chi connectivity index (χ0) is 13.7. The summed E-state index contributed by atoms with van der Waals surface area (Å²) in [6.45, 7) is 3.21. The molecule has 1 saturated heterocycles. The third kappa shape index (κ3) is 3.89. The summed E-state index contributed by atoms with van der Waals surface area (Å²) in [6, 6.07) is 1.47. The van der Waals surface area contributed by atoms with Crippen LogP contribution in [0.1, 0.15) is 25.5 Å². The van der Waals surface area contributed by atoms with Gasteiger partial charge in [0.05, 0.1) is 12.4 Å². The molecule has 1 aromatic heterocycles. The third-order valence-corrected chi connectivity index (χ3v) is 3.16. The molecule has 1 aliphatic rings. The fraction of sp³-hybridized carbons (Fsp3) is 0.615. The van der Waals surface area contributed by atoms with Gasteiger partial charge in [0.1, 0.15) is 6.54 Å². The van der Waals surface area contributed by atoms with Crippen LogP contribution in [-0.2, 0) is 22.5 Å². The highest BCUT2D eigenvalue weighted by Crippen LogP contribution is 2.10. The molecule has 1 unspecified atom stereocenters. The molecular weight excluding hydrogens is 246 g/mol. The molecule has 1 N–H and O–H groups in total. The molecule has 1 aliphatic heterocycles. The van der Waals surface area contributed by atoms with Crippen molar-refractivity contribution in [3.63, 3.8) is 0 Å². The average Bonchev–Trinajstić information content (AvgIpc) is 2.92. The maximum Gasteiger partial charge on any atom is 0.253 e. The van der Waals surface area contributed by atoms with E-state index in [1.165, 1.54) is 17.0 Å². The van der Waals surface area contributed by atoms with E-state index in [2.05, 4.69) is 10.3 Å². The number of rotatable bonds is 5. The minimum Gasteiger partial charge on any atom is -0.376 e. The normalized spacial score (nSPS) is 18.5. The summed E-state index contributed by atoms with van der Waals surface area (Å²) in [5.74, 6) is -0.191. The van der Waals surface area contributed by atoms with E-state index >= 15 is 0 Å². The van der Waals surface area contributed by atoms with Gasteiger partial charge in [0.25, 0.3) is 5.56 Å². The monoisotopic (exact) mass is 265 g/mol. The van der Waals surface area contributed by atoms with Gasteiger partial charge >= 0.3 is 0 Å². The van der Waals surface area contributed by atoms with Crippen LogP contribution < -0.4 is 10.9 Å². The topological polar surface area (TPSA) is 73.2 Å². The number of carbonyl (C=O) groups is 1. The second-order valence-electron chi connectivity index (χ2n) is 4.64. The number of amides is 1. The van der Waals surface area contributed by atoms with Crippen molar-refractivity contribution in [1.82, 2.24) is 14.9 Å². The highest BCUT2D eigenvalue weighted by atomic mass is 16.5. The standard InChI is InChI=1S/C13H19N3O3/c1-2-10-6-13(18)16(9-15-10)8-12(17)14-7-11-4-3-5-19-11/h6,9,11H,2-5,7-8H2,1H3,(H,14,17). The fourth-order valence-electron chi connectivity index (χ4n) is 2.02. The van der Waals surface area contributed by atoms with E-state index in [4.69, 9.17) is 4.74 Å². The Labute approximate surface area is 111 Å². The van der Waals surface area contributed by atoms with Gasteiger partial charge in [-0.1, -0.05) is 6.92 Å². The Kier molecular flexibility index (Phi) is 4.68. The highest BCUT2D eigenvalue weighted by Gasteiger charge is 2.16. The summed E-state index contributed by atoms with van der Waals surface area (Å²) in [7, 11) is 0. The summed E-state index contributed by atoms with van der Waals surface area (Å²) in [6.07, 6.45) is 4.27. The first-order valence-electron chi connectivity index (χ1n) is 6.62. The van der Waals surface area contributed by atoms with Gasteiger partial charge in [-0.2, -0.15) is 0 Å². The van der Waals surface area contributed by atoms with Gasteiger partial charge < -0.3 is 10.1 Å². The molecule has 0 aliphatic carbocycles. The second-order valence-corrected chi connectivity index (χ2v) is 4.64. The summed E-state index contributed by atoms with van der Waals surface area (Å²) in [5, 5.41) is 2.78. The molecule has 0 bridgehead atoms. The number of hydrogen-bond acceptors (Lipinski definition) is 4. The molecule has 104 valence electrons. The third-order valence-electron chi connectivity index (χ3n) is 3.16. The van der Waals surface area contributed by atoms with E-state index in [0.717, 1.165) is 25.1 Å². The SMILES string of the molecule is CCc1cc(=O)n(CC(=O)NCC2CCCO2)cn1. The van der Waals surface area contributed by atoms with Crippen molar-refractivity contribution in [2.45, 2.75) is 38.8 Å². The lowest BCUT2D eigenvalue weighted by atomic mass is 10.2. The number of ether oxygens (including phenoxy) is 1. The predicted molar refractivity (Wildman–Crippen MR) is 69.9 cm³/mol. The lowest BCUT2D eigenvalue weighted by Gasteiger charge is -2.11. The van der Waals surface area contributed by atoms with Crippen molar-refractivity contribution in [3.05, 3.63) is 28.4 Å². The molecule has 0 aromatic carbocycles. The maximum absolute atomic E-state index is 11.7. The molecule has 0 radical (unpaired) electrons. The molecule has 1 fully saturated rings. The first kappa shape index (κ1) is 13.7. The van der Waals surface area contributed by atoms with Crippen molar-refractivity contribution < 1.29 is 9.53 Å². The van der Waals surface area contributed by atoms with Crippen molar-refractivity contribution in [2.75, 3.05) is 13.2 Å². The molecular formula is C13H19N3O3. The molecule has 19 heavy (non-hydrogen) atoms. The van der Waals surface area contributed by atoms with Crippen LogP contribution in [0.4, 0.5) is 0 Å². The predicted octanol–water partition coefficient (Wildman–Crippen LogP) is 0.101. The van der Waals surface area contributed by atoms with Gasteiger partial charge in [0.15, 0.2) is 0 Å². The summed E-state index contributed by atoms with van der Waals surface area (Å²) in [4.78, 5) is 27.5. The molecule has 0 spiro atoms. The average molecular weight is 265 g/mol. The number of nitrogens with one attached hydrogen (secondary N) is 1. The molecule has 6 nitrogen and oxygen atoms in total. The fourth-order valence-corrected chi connectivity index (χ4v) is 2.02. The quantitative estimate of drug-likeness (QED) is 0.819. The van der Waals surface area contributed by atoms with Gasteiger partial charge in [0.2, 0.25) is 5.91 Å². The Morgan fingerprint density at radius 2 is 2.47 bits per heavy atom. The zero-order valence-corrected chi connectivity index (χ0v) is 11.1. The summed E-state index contributed by atoms with van der Waals surface area (Å²) >= 11 is 0. The lowest BCUT2D eigenvalue weighted by molar-refractivity contribution is -0.122. The van der Waals surface area contributed by atoms with Crippen molar-refractivity contribution in [2.24, 2.45) is 0 Å². The van der Waals surface area contributed by atoms with Gasteiger partial charge in [-0.05, 0) is 19.3 Å². The van der Waals surface area contributed by atoms with Crippen molar-refractivity contribution in [3.8, 4) is 0 Å². The first-order valence-corrected chi connectivity index (χ1v) is 6.62. The highest BCUT2D eigenvalue weighted by molar-refractivity contribution is 5.75. The Hall–Kier alpha value is -1.69. The molecule has 2 heterocycles. The molecule has 6 heteroatoms. The number of nitrogens with zero attached hydrogens (tertiary/aromatic N) is 2. The van der Waals surface area contributed by atoms with E-state index in [-0.39, 0.29) is 24.1 Å². The van der Waals surface area contributed by atoms with Crippen LogP contribution in [0, 0.1) is 0 Å². The van der Waals surface area contributed by atoms with Gasteiger partial charge in [-0.15, -0.1) is 0 Å². The molecule has 0 saturated carbocycles. The van der Waals surface area contributed by atoms with Crippen LogP contribution in [0.5, 0.6) is 0 Å². The second kappa shape index (κ2) is 6.47. The molecule has 1 amide bonds. The Balaban J connectivity index is 1.86. The van der Waals surface area contributed by atoms with Gasteiger partial charge in [0, 0.05) is 24.9 Å². The minimum atomic E-state index is -0.195. The molecule has 2 rings (SSSR count). The largest absolute Gasteiger partial charge is 0.376 e.